The minimum Gasteiger partial charge on any atom is -0.496 e. The van der Waals surface area contributed by atoms with Crippen molar-refractivity contribution in [3.05, 3.63) is 64.7 Å². The Kier molecular flexibility index (Phi) is 5.77. The highest BCUT2D eigenvalue weighted by molar-refractivity contribution is 5.89. The first-order valence-electron chi connectivity index (χ1n) is 7.53. The molecule has 0 spiro atoms. The SMILES string of the molecule is COC(=O)c1ccc(CN(C)Cc2ccc(OC)c(C)c2)cc1. The Labute approximate surface area is 137 Å². The summed E-state index contributed by atoms with van der Waals surface area (Å²) < 4.78 is 10.00. The van der Waals surface area contributed by atoms with Gasteiger partial charge in [-0.3, -0.25) is 4.90 Å². The molecular weight excluding hydrogens is 290 g/mol. The van der Waals surface area contributed by atoms with Crippen molar-refractivity contribution in [2.45, 2.75) is 20.0 Å². The number of aryl methyl sites for hydroxylation is 1. The smallest absolute Gasteiger partial charge is 0.337 e. The lowest BCUT2D eigenvalue weighted by Gasteiger charge is -2.18. The second kappa shape index (κ2) is 7.79. The number of ether oxygens (including phenoxy) is 2. The third-order valence-electron chi connectivity index (χ3n) is 3.74. The van der Waals surface area contributed by atoms with Gasteiger partial charge in [-0.1, -0.05) is 24.3 Å². The van der Waals surface area contributed by atoms with Crippen molar-refractivity contribution in [2.24, 2.45) is 0 Å². The normalized spacial score (nSPS) is 10.7. The third kappa shape index (κ3) is 4.57. The lowest BCUT2D eigenvalue weighted by molar-refractivity contribution is 0.0600. The number of carbonyl (C=O) groups excluding carboxylic acids is 1. The van der Waals surface area contributed by atoms with Gasteiger partial charge < -0.3 is 9.47 Å². The highest BCUT2D eigenvalue weighted by Gasteiger charge is 2.07. The van der Waals surface area contributed by atoms with Gasteiger partial charge in [-0.2, -0.15) is 0 Å². The number of methoxy groups -OCH3 is 2. The molecule has 0 saturated heterocycles. The molecule has 0 aliphatic carbocycles. The maximum atomic E-state index is 11.4. The van der Waals surface area contributed by atoms with Crippen LogP contribution in [0, 0.1) is 6.92 Å². The van der Waals surface area contributed by atoms with E-state index in [2.05, 4.69) is 24.1 Å². The quantitative estimate of drug-likeness (QED) is 0.766. The van der Waals surface area contributed by atoms with E-state index < -0.39 is 0 Å². The van der Waals surface area contributed by atoms with Gasteiger partial charge in [0.05, 0.1) is 19.8 Å². The van der Waals surface area contributed by atoms with Crippen LogP contribution in [0.5, 0.6) is 5.75 Å². The van der Waals surface area contributed by atoms with E-state index in [0.717, 1.165) is 30.0 Å². The summed E-state index contributed by atoms with van der Waals surface area (Å²) in [5.41, 5.74) is 4.12. The molecule has 122 valence electrons. The molecule has 0 aromatic heterocycles. The lowest BCUT2D eigenvalue weighted by atomic mass is 10.1. The van der Waals surface area contributed by atoms with Crippen LogP contribution in [-0.4, -0.2) is 32.1 Å². The minimum atomic E-state index is -0.307. The van der Waals surface area contributed by atoms with Gasteiger partial charge in [0, 0.05) is 13.1 Å². The van der Waals surface area contributed by atoms with E-state index >= 15 is 0 Å². The van der Waals surface area contributed by atoms with E-state index in [9.17, 15) is 4.79 Å². The van der Waals surface area contributed by atoms with Crippen LogP contribution in [0.1, 0.15) is 27.0 Å². The standard InChI is InChI=1S/C19H23NO3/c1-14-11-16(7-10-18(14)22-3)13-20(2)12-15-5-8-17(9-6-15)19(21)23-4/h5-11H,12-13H2,1-4H3. The van der Waals surface area contributed by atoms with Gasteiger partial charge in [0.2, 0.25) is 0 Å². The molecule has 0 atom stereocenters. The largest absolute Gasteiger partial charge is 0.496 e. The molecular formula is C19H23NO3. The molecule has 0 N–H and O–H groups in total. The molecule has 0 saturated carbocycles. The summed E-state index contributed by atoms with van der Waals surface area (Å²) >= 11 is 0. The van der Waals surface area contributed by atoms with E-state index in [1.54, 1.807) is 19.2 Å². The van der Waals surface area contributed by atoms with Gasteiger partial charge in [0.25, 0.3) is 0 Å². The molecule has 4 heteroatoms. The average Bonchev–Trinajstić information content (AvgIpc) is 2.55. The Morgan fingerprint density at radius 1 is 1.00 bits per heavy atom. The molecule has 0 heterocycles. The number of carbonyl (C=O) groups is 1. The fourth-order valence-electron chi connectivity index (χ4n) is 2.58. The van der Waals surface area contributed by atoms with Gasteiger partial charge in [-0.15, -0.1) is 0 Å². The Morgan fingerprint density at radius 2 is 1.61 bits per heavy atom. The maximum absolute atomic E-state index is 11.4. The van der Waals surface area contributed by atoms with Crippen LogP contribution in [0.3, 0.4) is 0 Å². The van der Waals surface area contributed by atoms with Crippen molar-refractivity contribution < 1.29 is 14.3 Å². The summed E-state index contributed by atoms with van der Waals surface area (Å²) in [4.78, 5) is 13.7. The van der Waals surface area contributed by atoms with Gasteiger partial charge in [-0.05, 0) is 48.9 Å². The molecule has 0 aliphatic heterocycles. The maximum Gasteiger partial charge on any atom is 0.337 e. The van der Waals surface area contributed by atoms with Crippen LogP contribution in [0.4, 0.5) is 0 Å². The molecule has 2 aromatic rings. The first-order valence-corrected chi connectivity index (χ1v) is 7.53. The summed E-state index contributed by atoms with van der Waals surface area (Å²) in [5.74, 6) is 0.605. The van der Waals surface area contributed by atoms with Crippen LogP contribution in [-0.2, 0) is 17.8 Å². The molecule has 0 bridgehead atoms. The van der Waals surface area contributed by atoms with E-state index in [1.807, 2.05) is 25.1 Å². The summed E-state index contributed by atoms with van der Waals surface area (Å²) in [6, 6.07) is 13.8. The van der Waals surface area contributed by atoms with E-state index in [0.29, 0.717) is 5.56 Å². The molecule has 0 amide bonds. The molecule has 23 heavy (non-hydrogen) atoms. The van der Waals surface area contributed by atoms with Crippen molar-refractivity contribution in [1.82, 2.24) is 4.90 Å². The van der Waals surface area contributed by atoms with Crippen LogP contribution in [0.25, 0.3) is 0 Å². The number of esters is 1. The zero-order chi connectivity index (χ0) is 16.8. The number of benzene rings is 2. The van der Waals surface area contributed by atoms with Crippen molar-refractivity contribution in [3.63, 3.8) is 0 Å². The topological polar surface area (TPSA) is 38.8 Å². The predicted octanol–water partition coefficient (Wildman–Crippen LogP) is 3.42. The van der Waals surface area contributed by atoms with Crippen molar-refractivity contribution in [1.29, 1.82) is 0 Å². The second-order valence-electron chi connectivity index (χ2n) is 5.66. The van der Waals surface area contributed by atoms with Gasteiger partial charge in [0.1, 0.15) is 5.75 Å². The summed E-state index contributed by atoms with van der Waals surface area (Å²) in [7, 11) is 5.15. The fraction of sp³-hybridized carbons (Fsp3) is 0.316. The molecule has 0 unspecified atom stereocenters. The van der Waals surface area contributed by atoms with E-state index in [1.165, 1.54) is 12.7 Å². The summed E-state index contributed by atoms with van der Waals surface area (Å²) in [6.07, 6.45) is 0. The third-order valence-corrected chi connectivity index (χ3v) is 3.74. The molecule has 4 nitrogen and oxygen atoms in total. The van der Waals surface area contributed by atoms with Crippen LogP contribution in [0.15, 0.2) is 42.5 Å². The number of nitrogens with zero attached hydrogens (tertiary/aromatic N) is 1. The fourth-order valence-corrected chi connectivity index (χ4v) is 2.58. The number of hydrogen-bond donors (Lipinski definition) is 0. The van der Waals surface area contributed by atoms with E-state index in [4.69, 9.17) is 9.47 Å². The predicted molar refractivity (Wildman–Crippen MR) is 90.7 cm³/mol. The van der Waals surface area contributed by atoms with Crippen molar-refractivity contribution in [3.8, 4) is 5.75 Å². The monoisotopic (exact) mass is 313 g/mol. The zero-order valence-corrected chi connectivity index (χ0v) is 14.1. The van der Waals surface area contributed by atoms with Gasteiger partial charge in [-0.25, -0.2) is 4.79 Å². The van der Waals surface area contributed by atoms with E-state index in [-0.39, 0.29) is 5.97 Å². The Balaban J connectivity index is 1.97. The first kappa shape index (κ1) is 17.0. The highest BCUT2D eigenvalue weighted by atomic mass is 16.5. The number of hydrogen-bond acceptors (Lipinski definition) is 4. The Hall–Kier alpha value is -2.33. The second-order valence-corrected chi connectivity index (χ2v) is 5.66. The minimum absolute atomic E-state index is 0.307. The molecule has 0 radical (unpaired) electrons. The van der Waals surface area contributed by atoms with Crippen molar-refractivity contribution in [2.75, 3.05) is 21.3 Å². The molecule has 0 fully saturated rings. The van der Waals surface area contributed by atoms with Crippen LogP contribution < -0.4 is 4.74 Å². The first-order chi connectivity index (χ1) is 11.0. The lowest BCUT2D eigenvalue weighted by Crippen LogP contribution is -2.17. The Morgan fingerprint density at radius 3 is 2.17 bits per heavy atom. The molecule has 2 aromatic carbocycles. The van der Waals surface area contributed by atoms with Crippen LogP contribution >= 0.6 is 0 Å². The molecule has 0 aliphatic rings. The van der Waals surface area contributed by atoms with Gasteiger partial charge >= 0.3 is 5.97 Å². The van der Waals surface area contributed by atoms with Crippen LogP contribution in [0.2, 0.25) is 0 Å². The number of rotatable bonds is 6. The average molecular weight is 313 g/mol. The van der Waals surface area contributed by atoms with Crippen molar-refractivity contribution >= 4 is 5.97 Å². The highest BCUT2D eigenvalue weighted by Crippen LogP contribution is 2.19. The Bertz CT molecular complexity index is 665. The summed E-state index contributed by atoms with van der Waals surface area (Å²) in [5, 5.41) is 0. The summed E-state index contributed by atoms with van der Waals surface area (Å²) in [6.45, 7) is 3.71. The van der Waals surface area contributed by atoms with Gasteiger partial charge in [0.15, 0.2) is 0 Å². The zero-order valence-electron chi connectivity index (χ0n) is 14.1. The molecule has 2 rings (SSSR count).